The minimum atomic E-state index is -4.63. The van der Waals surface area contributed by atoms with Crippen molar-refractivity contribution in [1.29, 1.82) is 0 Å². The number of anilines is 1. The fraction of sp³-hybridized carbons (Fsp3) is 0.556. The zero-order valence-corrected chi connectivity index (χ0v) is 18.3. The molecule has 2 heterocycles. The second kappa shape index (κ2) is 8.96. The summed E-state index contributed by atoms with van der Waals surface area (Å²) in [5.74, 6) is -2.05. The van der Waals surface area contributed by atoms with E-state index in [0.29, 0.717) is 10.6 Å². The van der Waals surface area contributed by atoms with E-state index in [2.05, 4.69) is 15.5 Å². The predicted octanol–water partition coefficient (Wildman–Crippen LogP) is 4.07. The summed E-state index contributed by atoms with van der Waals surface area (Å²) in [6, 6.07) is 0. The number of nitrogens with one attached hydrogen (secondary N) is 1. The van der Waals surface area contributed by atoms with E-state index in [-0.39, 0.29) is 11.8 Å². The number of esters is 1. The minimum Gasteiger partial charge on any atom is -0.462 e. The maximum Gasteiger partial charge on any atom is 0.451 e. The number of thioether (sulfide) groups is 1. The van der Waals surface area contributed by atoms with Crippen LogP contribution in [0.3, 0.4) is 0 Å². The Morgan fingerprint density at radius 3 is 2.63 bits per heavy atom. The first kappa shape index (κ1) is 22.6. The van der Waals surface area contributed by atoms with E-state index in [1.165, 1.54) is 18.4 Å². The summed E-state index contributed by atoms with van der Waals surface area (Å²) in [7, 11) is 1.20. The molecular formula is C18H21F3N4O3S2. The smallest absolute Gasteiger partial charge is 0.451 e. The molecule has 1 N–H and O–H groups in total. The van der Waals surface area contributed by atoms with Crippen molar-refractivity contribution in [2.75, 3.05) is 11.9 Å². The molecule has 1 aliphatic carbocycles. The number of hydrogen-bond acceptors (Lipinski definition) is 7. The van der Waals surface area contributed by atoms with Crippen LogP contribution in [0.2, 0.25) is 0 Å². The quantitative estimate of drug-likeness (QED) is 0.515. The number of ether oxygens (including phenoxy) is 1. The highest BCUT2D eigenvalue weighted by molar-refractivity contribution is 8.00. The Hall–Kier alpha value is -2.08. The van der Waals surface area contributed by atoms with Crippen molar-refractivity contribution in [3.05, 3.63) is 21.8 Å². The molecule has 0 saturated heterocycles. The Morgan fingerprint density at radius 1 is 1.30 bits per heavy atom. The Bertz CT molecular complexity index is 955. The van der Waals surface area contributed by atoms with Crippen LogP contribution in [0.15, 0.2) is 5.16 Å². The lowest BCUT2D eigenvalue weighted by Gasteiger charge is -2.13. The summed E-state index contributed by atoms with van der Waals surface area (Å²) in [6.45, 7) is 3.49. The second-order valence-corrected chi connectivity index (χ2v) is 9.16. The number of alkyl halides is 3. The van der Waals surface area contributed by atoms with Crippen molar-refractivity contribution < 1.29 is 27.5 Å². The Labute approximate surface area is 179 Å². The van der Waals surface area contributed by atoms with E-state index < -0.39 is 29.1 Å². The number of amides is 1. The molecule has 0 fully saturated rings. The van der Waals surface area contributed by atoms with E-state index in [4.69, 9.17) is 4.74 Å². The van der Waals surface area contributed by atoms with Crippen molar-refractivity contribution in [2.45, 2.75) is 56.1 Å². The van der Waals surface area contributed by atoms with Crippen LogP contribution in [0.25, 0.3) is 0 Å². The van der Waals surface area contributed by atoms with E-state index in [0.717, 1.165) is 52.5 Å². The molecule has 1 amide bonds. The maximum atomic E-state index is 12.9. The summed E-state index contributed by atoms with van der Waals surface area (Å²) >= 11 is 2.21. The lowest BCUT2D eigenvalue weighted by molar-refractivity contribution is -0.147. The van der Waals surface area contributed by atoms with Gasteiger partial charge in [0.05, 0.1) is 17.4 Å². The Kier molecular flexibility index (Phi) is 6.75. The van der Waals surface area contributed by atoms with E-state index in [1.807, 2.05) is 0 Å². The van der Waals surface area contributed by atoms with Crippen molar-refractivity contribution in [2.24, 2.45) is 7.05 Å². The monoisotopic (exact) mass is 462 g/mol. The molecule has 0 aromatic carbocycles. The highest BCUT2D eigenvalue weighted by atomic mass is 32.2. The number of rotatable bonds is 6. The van der Waals surface area contributed by atoms with Gasteiger partial charge in [0.1, 0.15) is 5.00 Å². The van der Waals surface area contributed by atoms with E-state index in [9.17, 15) is 22.8 Å². The summed E-state index contributed by atoms with van der Waals surface area (Å²) < 4.78 is 44.6. The maximum absolute atomic E-state index is 12.9. The van der Waals surface area contributed by atoms with Gasteiger partial charge in [-0.25, -0.2) is 4.79 Å². The van der Waals surface area contributed by atoms with Gasteiger partial charge < -0.3 is 14.6 Å². The first-order valence-corrected chi connectivity index (χ1v) is 11.1. The van der Waals surface area contributed by atoms with Crippen LogP contribution >= 0.6 is 23.1 Å². The Balaban J connectivity index is 1.78. The summed E-state index contributed by atoms with van der Waals surface area (Å²) in [6.07, 6.45) is -1.06. The molecule has 1 unspecified atom stereocenters. The summed E-state index contributed by atoms with van der Waals surface area (Å²) in [5, 5.41) is 9.10. The van der Waals surface area contributed by atoms with Crippen molar-refractivity contribution in [3.8, 4) is 0 Å². The third kappa shape index (κ3) is 4.64. The third-order valence-corrected chi connectivity index (χ3v) is 6.97. The first-order valence-electron chi connectivity index (χ1n) is 9.39. The van der Waals surface area contributed by atoms with Crippen LogP contribution in [-0.4, -0.2) is 38.5 Å². The minimum absolute atomic E-state index is 0.0268. The standard InChI is InChI=1S/C18H21F3N4O3S2/c1-4-28-15(27)12-10-7-5-6-8-11(10)30-14(12)22-13(26)9(2)29-17-24-23-16(25(17)3)18(19,20)21/h9H,4-8H2,1-3H3,(H,22,26). The SMILES string of the molecule is CCOC(=O)c1c(NC(=O)C(C)Sc2nnc(C(F)(F)F)n2C)sc2c1CCCC2. The topological polar surface area (TPSA) is 86.1 Å². The van der Waals surface area contributed by atoms with Gasteiger partial charge in [-0.2, -0.15) is 13.2 Å². The van der Waals surface area contributed by atoms with Gasteiger partial charge in [-0.15, -0.1) is 21.5 Å². The number of thiophene rings is 1. The molecular weight excluding hydrogens is 441 g/mol. The van der Waals surface area contributed by atoms with Gasteiger partial charge in [-0.1, -0.05) is 11.8 Å². The molecule has 0 spiro atoms. The molecule has 3 rings (SSSR count). The zero-order valence-electron chi connectivity index (χ0n) is 16.6. The van der Waals surface area contributed by atoms with Gasteiger partial charge in [-0.3, -0.25) is 4.79 Å². The van der Waals surface area contributed by atoms with Crippen LogP contribution in [-0.2, 0) is 35.6 Å². The highest BCUT2D eigenvalue weighted by Gasteiger charge is 2.38. The molecule has 2 aromatic heterocycles. The number of fused-ring (bicyclic) bond motifs is 1. The van der Waals surface area contributed by atoms with Crippen LogP contribution in [0.5, 0.6) is 0 Å². The molecule has 0 saturated carbocycles. The molecule has 0 bridgehead atoms. The van der Waals surface area contributed by atoms with Crippen molar-refractivity contribution >= 4 is 40.0 Å². The van der Waals surface area contributed by atoms with Crippen LogP contribution in [0.4, 0.5) is 18.2 Å². The lowest BCUT2D eigenvalue weighted by atomic mass is 9.95. The van der Waals surface area contributed by atoms with Crippen molar-refractivity contribution in [1.82, 2.24) is 14.8 Å². The zero-order chi connectivity index (χ0) is 22.1. The molecule has 1 atom stereocenters. The largest absolute Gasteiger partial charge is 0.462 e. The summed E-state index contributed by atoms with van der Waals surface area (Å²) in [4.78, 5) is 26.3. The lowest BCUT2D eigenvalue weighted by Crippen LogP contribution is -2.24. The number of carbonyl (C=O) groups is 2. The van der Waals surface area contributed by atoms with Crippen LogP contribution in [0.1, 0.15) is 53.3 Å². The summed E-state index contributed by atoms with van der Waals surface area (Å²) in [5.41, 5.74) is 1.31. The van der Waals surface area contributed by atoms with Gasteiger partial charge in [0, 0.05) is 11.9 Å². The molecule has 0 aliphatic heterocycles. The Morgan fingerprint density at radius 2 is 2.00 bits per heavy atom. The van der Waals surface area contributed by atoms with Crippen molar-refractivity contribution in [3.63, 3.8) is 0 Å². The van der Waals surface area contributed by atoms with Crippen LogP contribution < -0.4 is 5.32 Å². The molecule has 1 aliphatic rings. The van der Waals surface area contributed by atoms with Gasteiger partial charge in [0.25, 0.3) is 0 Å². The molecule has 2 aromatic rings. The molecule has 7 nitrogen and oxygen atoms in total. The fourth-order valence-corrected chi connectivity index (χ4v) is 5.26. The highest BCUT2D eigenvalue weighted by Crippen LogP contribution is 2.39. The number of aryl methyl sites for hydroxylation is 1. The third-order valence-electron chi connectivity index (χ3n) is 4.63. The first-order chi connectivity index (χ1) is 14.1. The average molecular weight is 463 g/mol. The molecule has 164 valence electrons. The number of hydrogen-bond donors (Lipinski definition) is 1. The van der Waals surface area contributed by atoms with E-state index in [1.54, 1.807) is 13.8 Å². The number of halogens is 3. The van der Waals surface area contributed by atoms with Gasteiger partial charge in [-0.05, 0) is 45.1 Å². The normalized spacial score (nSPS) is 14.9. The predicted molar refractivity (Wildman–Crippen MR) is 107 cm³/mol. The van der Waals surface area contributed by atoms with Gasteiger partial charge >= 0.3 is 12.1 Å². The number of aromatic nitrogens is 3. The fourth-order valence-electron chi connectivity index (χ4n) is 3.16. The average Bonchev–Trinajstić information content (AvgIpc) is 3.21. The van der Waals surface area contributed by atoms with Gasteiger partial charge in [0.2, 0.25) is 11.7 Å². The van der Waals surface area contributed by atoms with Crippen LogP contribution in [0, 0.1) is 0 Å². The number of nitrogens with zero attached hydrogens (tertiary/aromatic N) is 3. The molecule has 30 heavy (non-hydrogen) atoms. The number of carbonyl (C=O) groups excluding carboxylic acids is 2. The van der Waals surface area contributed by atoms with E-state index >= 15 is 0 Å². The molecule has 0 radical (unpaired) electrons. The molecule has 12 heteroatoms. The van der Waals surface area contributed by atoms with Gasteiger partial charge in [0.15, 0.2) is 5.16 Å². The second-order valence-electron chi connectivity index (χ2n) is 6.75.